The van der Waals surface area contributed by atoms with E-state index in [0.29, 0.717) is 17.3 Å². The summed E-state index contributed by atoms with van der Waals surface area (Å²) in [4.78, 5) is 32.1. The quantitative estimate of drug-likeness (QED) is 0.837. The summed E-state index contributed by atoms with van der Waals surface area (Å²) in [5, 5.41) is 11.1. The van der Waals surface area contributed by atoms with Crippen molar-refractivity contribution in [3.63, 3.8) is 0 Å². The van der Waals surface area contributed by atoms with Crippen LogP contribution >= 0.6 is 23.1 Å². The number of H-pyrrole nitrogens is 1. The first-order valence-electron chi connectivity index (χ1n) is 6.96. The Labute approximate surface area is 129 Å². The second-order valence-electron chi connectivity index (χ2n) is 5.08. The molecule has 2 aromatic heterocycles. The molecule has 0 saturated carbocycles. The van der Waals surface area contributed by atoms with Crippen LogP contribution in [0.1, 0.15) is 35.5 Å². The molecule has 112 valence electrons. The molecule has 0 aliphatic heterocycles. The van der Waals surface area contributed by atoms with E-state index in [1.54, 1.807) is 11.3 Å². The fourth-order valence-corrected chi connectivity index (χ4v) is 4.67. The van der Waals surface area contributed by atoms with Gasteiger partial charge in [-0.3, -0.25) is 4.79 Å². The minimum absolute atomic E-state index is 0.0183. The van der Waals surface area contributed by atoms with E-state index in [1.807, 2.05) is 0 Å². The summed E-state index contributed by atoms with van der Waals surface area (Å²) in [5.74, 6) is 0.547. The van der Waals surface area contributed by atoms with Gasteiger partial charge in [0, 0.05) is 10.8 Å². The number of carbonyl (C=O) groups is 1. The first-order chi connectivity index (χ1) is 10.1. The van der Waals surface area contributed by atoms with Gasteiger partial charge in [-0.2, -0.15) is 11.8 Å². The standard InChI is InChI=1S/C14H16N2O3S2/c17-11(18)5-6-20-7-10-15-13(19)12-8-3-1-2-4-9(8)21-14(12)16-10/h1-7H2,(H,17,18)(H,15,16,19)/p-1. The van der Waals surface area contributed by atoms with Crippen molar-refractivity contribution in [3.8, 4) is 0 Å². The van der Waals surface area contributed by atoms with Gasteiger partial charge in [-0.25, -0.2) is 4.98 Å². The molecule has 0 aromatic carbocycles. The van der Waals surface area contributed by atoms with Crippen LogP contribution in [-0.4, -0.2) is 21.7 Å². The number of aromatic amines is 1. The first kappa shape index (κ1) is 14.6. The summed E-state index contributed by atoms with van der Waals surface area (Å²) >= 11 is 3.07. The Kier molecular flexibility index (Phi) is 4.30. The van der Waals surface area contributed by atoms with E-state index in [4.69, 9.17) is 0 Å². The molecule has 0 fully saturated rings. The van der Waals surface area contributed by atoms with Crippen molar-refractivity contribution < 1.29 is 9.90 Å². The van der Waals surface area contributed by atoms with Gasteiger partial charge in [-0.1, -0.05) is 0 Å². The summed E-state index contributed by atoms with van der Waals surface area (Å²) in [6.45, 7) is 0. The number of aryl methyl sites for hydroxylation is 2. The lowest BCUT2D eigenvalue weighted by Gasteiger charge is -2.09. The van der Waals surface area contributed by atoms with Gasteiger partial charge in [0.15, 0.2) is 0 Å². The van der Waals surface area contributed by atoms with Crippen LogP contribution in [0.3, 0.4) is 0 Å². The number of carboxylic acids is 1. The van der Waals surface area contributed by atoms with Gasteiger partial charge in [0.1, 0.15) is 10.7 Å². The lowest BCUT2D eigenvalue weighted by molar-refractivity contribution is -0.305. The number of hydrogen-bond donors (Lipinski definition) is 1. The van der Waals surface area contributed by atoms with Gasteiger partial charge in [0.05, 0.1) is 11.1 Å². The zero-order chi connectivity index (χ0) is 14.8. The zero-order valence-electron chi connectivity index (χ0n) is 11.4. The summed E-state index contributed by atoms with van der Waals surface area (Å²) in [7, 11) is 0. The Hall–Kier alpha value is -1.34. The third-order valence-corrected chi connectivity index (χ3v) is 5.72. The lowest BCUT2D eigenvalue weighted by atomic mass is 9.97. The summed E-state index contributed by atoms with van der Waals surface area (Å²) in [6.07, 6.45) is 4.36. The Morgan fingerprint density at radius 3 is 3.00 bits per heavy atom. The van der Waals surface area contributed by atoms with Crippen LogP contribution in [0.2, 0.25) is 0 Å². The van der Waals surface area contributed by atoms with E-state index in [0.717, 1.165) is 29.5 Å². The normalized spacial score (nSPS) is 14.3. The number of hydrogen-bond acceptors (Lipinski definition) is 6. The number of nitrogens with one attached hydrogen (secondary N) is 1. The highest BCUT2D eigenvalue weighted by atomic mass is 32.2. The van der Waals surface area contributed by atoms with Crippen LogP contribution in [-0.2, 0) is 23.4 Å². The number of thioether (sulfide) groups is 1. The van der Waals surface area contributed by atoms with Gasteiger partial charge >= 0.3 is 0 Å². The van der Waals surface area contributed by atoms with Crippen LogP contribution in [0.5, 0.6) is 0 Å². The zero-order valence-corrected chi connectivity index (χ0v) is 13.1. The number of fused-ring (bicyclic) bond motifs is 3. The molecule has 2 aromatic rings. The van der Waals surface area contributed by atoms with Crippen molar-refractivity contribution in [2.75, 3.05) is 5.75 Å². The van der Waals surface area contributed by atoms with Crippen molar-refractivity contribution in [2.24, 2.45) is 0 Å². The van der Waals surface area contributed by atoms with E-state index in [-0.39, 0.29) is 12.0 Å². The van der Waals surface area contributed by atoms with Crippen LogP contribution in [0, 0.1) is 0 Å². The molecule has 0 radical (unpaired) electrons. The largest absolute Gasteiger partial charge is 0.550 e. The molecule has 0 bridgehead atoms. The summed E-state index contributed by atoms with van der Waals surface area (Å²) in [5.41, 5.74) is 1.13. The maximum Gasteiger partial charge on any atom is 0.259 e. The average Bonchev–Trinajstić information content (AvgIpc) is 2.82. The maximum absolute atomic E-state index is 12.3. The Bertz CT molecular complexity index is 736. The smallest absolute Gasteiger partial charge is 0.259 e. The number of nitrogens with zero attached hydrogens (tertiary/aromatic N) is 1. The SMILES string of the molecule is O=C([O-])CCSCc1nc2sc3c(c2c(=O)[nH]1)CCCC3. The van der Waals surface area contributed by atoms with Gasteiger partial charge in [0.2, 0.25) is 0 Å². The average molecular weight is 323 g/mol. The third-order valence-electron chi connectivity index (χ3n) is 3.56. The molecule has 1 N–H and O–H groups in total. The number of carboxylic acid groups (broad SMARTS) is 1. The van der Waals surface area contributed by atoms with Gasteiger partial charge in [-0.05, 0) is 43.4 Å². The molecule has 21 heavy (non-hydrogen) atoms. The van der Waals surface area contributed by atoms with Gasteiger partial charge in [0.25, 0.3) is 5.56 Å². The molecule has 2 heterocycles. The Balaban J connectivity index is 1.82. The number of aromatic nitrogens is 2. The lowest BCUT2D eigenvalue weighted by Crippen LogP contribution is -2.22. The molecular weight excluding hydrogens is 308 g/mol. The van der Waals surface area contributed by atoms with Crippen molar-refractivity contribution in [1.29, 1.82) is 0 Å². The molecule has 1 aliphatic rings. The topological polar surface area (TPSA) is 85.9 Å². The molecule has 7 heteroatoms. The Morgan fingerprint density at radius 1 is 1.38 bits per heavy atom. The molecule has 0 spiro atoms. The van der Waals surface area contributed by atoms with Crippen LogP contribution in [0.4, 0.5) is 0 Å². The Morgan fingerprint density at radius 2 is 2.19 bits per heavy atom. The minimum atomic E-state index is -1.05. The number of carbonyl (C=O) groups excluding carboxylic acids is 1. The second-order valence-corrected chi connectivity index (χ2v) is 7.27. The molecule has 5 nitrogen and oxygen atoms in total. The van der Waals surface area contributed by atoms with E-state index in [2.05, 4.69) is 9.97 Å². The first-order valence-corrected chi connectivity index (χ1v) is 8.93. The summed E-state index contributed by atoms with van der Waals surface area (Å²) in [6, 6.07) is 0. The predicted octanol–water partition coefficient (Wildman–Crippen LogP) is 1.24. The predicted molar refractivity (Wildman–Crippen MR) is 82.7 cm³/mol. The highest BCUT2D eigenvalue weighted by molar-refractivity contribution is 7.98. The van der Waals surface area contributed by atoms with E-state index >= 15 is 0 Å². The number of aliphatic carboxylic acids is 1. The van der Waals surface area contributed by atoms with Crippen molar-refractivity contribution in [2.45, 2.75) is 37.9 Å². The molecule has 0 atom stereocenters. The number of thiophene rings is 1. The van der Waals surface area contributed by atoms with E-state index < -0.39 is 5.97 Å². The van der Waals surface area contributed by atoms with Crippen LogP contribution in [0.15, 0.2) is 4.79 Å². The molecule has 0 amide bonds. The van der Waals surface area contributed by atoms with Crippen molar-refractivity contribution in [3.05, 3.63) is 26.6 Å². The van der Waals surface area contributed by atoms with Crippen molar-refractivity contribution in [1.82, 2.24) is 9.97 Å². The van der Waals surface area contributed by atoms with Crippen LogP contribution in [0.25, 0.3) is 10.2 Å². The minimum Gasteiger partial charge on any atom is -0.550 e. The molecular formula is C14H15N2O3S2-. The maximum atomic E-state index is 12.3. The van der Waals surface area contributed by atoms with Gasteiger partial charge in [-0.15, -0.1) is 11.3 Å². The van der Waals surface area contributed by atoms with E-state index in [9.17, 15) is 14.7 Å². The molecule has 3 rings (SSSR count). The fourth-order valence-electron chi connectivity index (χ4n) is 2.60. The summed E-state index contributed by atoms with van der Waals surface area (Å²) < 4.78 is 0. The fraction of sp³-hybridized carbons (Fsp3) is 0.500. The number of rotatable bonds is 5. The van der Waals surface area contributed by atoms with Gasteiger partial charge < -0.3 is 14.9 Å². The monoisotopic (exact) mass is 323 g/mol. The highest BCUT2D eigenvalue weighted by Gasteiger charge is 2.19. The molecule has 1 aliphatic carbocycles. The third kappa shape index (κ3) is 3.13. The molecule has 0 saturated heterocycles. The van der Waals surface area contributed by atoms with Crippen LogP contribution < -0.4 is 10.7 Å². The van der Waals surface area contributed by atoms with Crippen molar-refractivity contribution >= 4 is 39.3 Å². The highest BCUT2D eigenvalue weighted by Crippen LogP contribution is 2.33. The van der Waals surface area contributed by atoms with E-state index in [1.165, 1.54) is 28.6 Å². The molecule has 0 unspecified atom stereocenters. The second kappa shape index (κ2) is 6.19.